The number of esters is 1. The van der Waals surface area contributed by atoms with Gasteiger partial charge in [0.25, 0.3) is 0 Å². The summed E-state index contributed by atoms with van der Waals surface area (Å²) in [5.41, 5.74) is 6.50. The van der Waals surface area contributed by atoms with Crippen LogP contribution in [0.3, 0.4) is 0 Å². The van der Waals surface area contributed by atoms with Crippen molar-refractivity contribution in [1.29, 1.82) is 0 Å². The van der Waals surface area contributed by atoms with Gasteiger partial charge in [0.15, 0.2) is 0 Å². The third kappa shape index (κ3) is 9.88. The van der Waals surface area contributed by atoms with E-state index in [9.17, 15) is 9.59 Å². The monoisotopic (exact) mass is 478 g/mol. The van der Waals surface area contributed by atoms with E-state index in [0.29, 0.717) is 49.7 Å². The van der Waals surface area contributed by atoms with Crippen LogP contribution in [0.25, 0.3) is 0 Å². The summed E-state index contributed by atoms with van der Waals surface area (Å²) in [5.74, 6) is 6.18. The fraction of sp³-hybridized carbons (Fsp3) is 0.583. The molecule has 4 N–H and O–H groups in total. The standard InChI is InChI=1S/C24H38N4O6/c1-24(2,3)34-23(30)27-12-9-20(10-13-27)33-17-19(25)16-28(26)11-6-14-32-21-8-5-7-18(15-21)22(29)31-4/h5,7-8,15-16,20H,6,9-14,17,25-26H2,1-4H3/b19-16-. The minimum atomic E-state index is -0.501. The Hall–Kier alpha value is -2.98. The van der Waals surface area contributed by atoms with Crippen LogP contribution < -0.4 is 16.3 Å². The lowest BCUT2D eigenvalue weighted by atomic mass is 10.1. The molecule has 10 nitrogen and oxygen atoms in total. The van der Waals surface area contributed by atoms with Gasteiger partial charge in [-0.05, 0) is 51.8 Å². The molecule has 2 rings (SSSR count). The maximum absolute atomic E-state index is 12.1. The molecule has 34 heavy (non-hydrogen) atoms. The van der Waals surface area contributed by atoms with Crippen molar-refractivity contribution in [2.75, 3.05) is 40.0 Å². The number of nitrogens with zero attached hydrogens (tertiary/aromatic N) is 2. The predicted molar refractivity (Wildman–Crippen MR) is 128 cm³/mol. The van der Waals surface area contributed by atoms with E-state index >= 15 is 0 Å². The molecule has 1 fully saturated rings. The first-order valence-corrected chi connectivity index (χ1v) is 11.5. The van der Waals surface area contributed by atoms with Gasteiger partial charge in [0, 0.05) is 32.3 Å². The number of rotatable bonds is 10. The van der Waals surface area contributed by atoms with Crippen molar-refractivity contribution in [3.05, 3.63) is 41.7 Å². The van der Waals surface area contributed by atoms with Gasteiger partial charge in [-0.15, -0.1) is 0 Å². The number of ether oxygens (including phenoxy) is 4. The highest BCUT2D eigenvalue weighted by molar-refractivity contribution is 5.89. The summed E-state index contributed by atoms with van der Waals surface area (Å²) in [7, 11) is 1.34. The Bertz CT molecular complexity index is 831. The van der Waals surface area contributed by atoms with Gasteiger partial charge in [0.05, 0.1) is 37.7 Å². The lowest BCUT2D eigenvalue weighted by Crippen LogP contribution is -2.43. The summed E-state index contributed by atoms with van der Waals surface area (Å²) in [5, 5.41) is 1.50. The second-order valence-electron chi connectivity index (χ2n) is 9.14. The van der Waals surface area contributed by atoms with Crippen LogP contribution in [0.4, 0.5) is 4.79 Å². The summed E-state index contributed by atoms with van der Waals surface area (Å²) in [6.45, 7) is 7.98. The highest BCUT2D eigenvalue weighted by Gasteiger charge is 2.27. The molecule has 0 spiro atoms. The van der Waals surface area contributed by atoms with Crippen LogP contribution in [0.2, 0.25) is 0 Å². The van der Waals surface area contributed by atoms with Gasteiger partial charge < -0.3 is 34.6 Å². The smallest absolute Gasteiger partial charge is 0.410 e. The zero-order valence-corrected chi connectivity index (χ0v) is 20.6. The van der Waals surface area contributed by atoms with Crippen molar-refractivity contribution < 1.29 is 28.5 Å². The minimum Gasteiger partial charge on any atom is -0.494 e. The molecule has 0 atom stereocenters. The van der Waals surface area contributed by atoms with Crippen molar-refractivity contribution >= 4 is 12.1 Å². The van der Waals surface area contributed by atoms with Gasteiger partial charge in [-0.25, -0.2) is 15.4 Å². The topological polar surface area (TPSA) is 130 Å². The van der Waals surface area contributed by atoms with Gasteiger partial charge >= 0.3 is 12.1 Å². The average Bonchev–Trinajstić information content (AvgIpc) is 2.79. The van der Waals surface area contributed by atoms with E-state index in [0.717, 1.165) is 12.8 Å². The normalized spacial score (nSPS) is 15.1. The quantitative estimate of drug-likeness (QED) is 0.226. The molecule has 1 aliphatic heterocycles. The van der Waals surface area contributed by atoms with Crippen molar-refractivity contribution in [1.82, 2.24) is 9.91 Å². The number of nitrogens with two attached hydrogens (primary N) is 2. The zero-order chi connectivity index (χ0) is 25.1. The Labute approximate surface area is 201 Å². The highest BCUT2D eigenvalue weighted by Crippen LogP contribution is 2.18. The van der Waals surface area contributed by atoms with Crippen LogP contribution in [0.5, 0.6) is 5.75 Å². The second-order valence-corrected chi connectivity index (χ2v) is 9.14. The Balaban J connectivity index is 1.63. The molecule has 0 unspecified atom stereocenters. The molecule has 1 saturated heterocycles. The molecule has 1 amide bonds. The van der Waals surface area contributed by atoms with Crippen LogP contribution in [0, 0.1) is 0 Å². The van der Waals surface area contributed by atoms with Crippen LogP contribution in [-0.4, -0.2) is 73.6 Å². The molecule has 1 aromatic carbocycles. The first kappa shape index (κ1) is 27.3. The molecule has 1 aliphatic rings. The van der Waals surface area contributed by atoms with Crippen molar-refractivity contribution in [3.8, 4) is 5.75 Å². The SMILES string of the molecule is COC(=O)c1cccc(OCCCN(N)/C=C(\N)COC2CCN(C(=O)OC(C)(C)C)CC2)c1. The Morgan fingerprint density at radius 3 is 2.59 bits per heavy atom. The summed E-state index contributed by atoms with van der Waals surface area (Å²) in [4.78, 5) is 25.4. The number of likely N-dealkylation sites (tertiary alicyclic amines) is 1. The maximum Gasteiger partial charge on any atom is 0.410 e. The molecule has 0 saturated carbocycles. The number of methoxy groups -OCH3 is 1. The fourth-order valence-electron chi connectivity index (χ4n) is 3.33. The lowest BCUT2D eigenvalue weighted by Gasteiger charge is -2.33. The Kier molecular flexibility index (Phi) is 10.5. The molecular weight excluding hydrogens is 440 g/mol. The molecule has 0 radical (unpaired) electrons. The van der Waals surface area contributed by atoms with E-state index in [-0.39, 0.29) is 18.8 Å². The summed E-state index contributed by atoms with van der Waals surface area (Å²) in [6.07, 6.45) is 3.51. The number of carbonyl (C=O) groups is 2. The number of hydrogen-bond acceptors (Lipinski definition) is 9. The number of piperidine rings is 1. The van der Waals surface area contributed by atoms with E-state index in [4.69, 9.17) is 30.5 Å². The van der Waals surface area contributed by atoms with Crippen molar-refractivity contribution in [2.24, 2.45) is 11.6 Å². The molecule has 10 heteroatoms. The summed E-state index contributed by atoms with van der Waals surface area (Å²) < 4.78 is 21.7. The van der Waals surface area contributed by atoms with Gasteiger partial charge in [-0.3, -0.25) is 0 Å². The molecule has 190 valence electrons. The van der Waals surface area contributed by atoms with Crippen molar-refractivity contribution in [3.63, 3.8) is 0 Å². The minimum absolute atomic E-state index is 0.0333. The molecule has 1 heterocycles. The Morgan fingerprint density at radius 2 is 1.94 bits per heavy atom. The van der Waals surface area contributed by atoms with Gasteiger partial charge in [0.1, 0.15) is 11.4 Å². The van der Waals surface area contributed by atoms with Crippen LogP contribution in [-0.2, 0) is 14.2 Å². The molecule has 0 aliphatic carbocycles. The van der Waals surface area contributed by atoms with Crippen LogP contribution in [0.1, 0.15) is 50.4 Å². The fourth-order valence-corrected chi connectivity index (χ4v) is 3.33. The lowest BCUT2D eigenvalue weighted by molar-refractivity contribution is -0.00634. The number of carbonyl (C=O) groups excluding carboxylic acids is 2. The van der Waals surface area contributed by atoms with E-state index in [1.807, 2.05) is 20.8 Å². The molecule has 0 aromatic heterocycles. The molecule has 0 bridgehead atoms. The Morgan fingerprint density at radius 1 is 1.24 bits per heavy atom. The van der Waals surface area contributed by atoms with Crippen molar-refractivity contribution in [2.45, 2.75) is 51.7 Å². The number of hydrogen-bond donors (Lipinski definition) is 2. The number of amides is 1. The predicted octanol–water partition coefficient (Wildman–Crippen LogP) is 2.63. The third-order valence-electron chi connectivity index (χ3n) is 5.00. The first-order valence-electron chi connectivity index (χ1n) is 11.5. The molecule has 1 aromatic rings. The average molecular weight is 479 g/mol. The first-order chi connectivity index (χ1) is 16.1. The second kappa shape index (κ2) is 13.0. The van der Waals surface area contributed by atoms with Crippen LogP contribution >= 0.6 is 0 Å². The van der Waals surface area contributed by atoms with Gasteiger partial charge in [0.2, 0.25) is 0 Å². The van der Waals surface area contributed by atoms with Crippen LogP contribution in [0.15, 0.2) is 36.2 Å². The maximum atomic E-state index is 12.1. The number of hydrazine groups is 1. The summed E-state index contributed by atoms with van der Waals surface area (Å²) >= 11 is 0. The molecular formula is C24H38N4O6. The van der Waals surface area contributed by atoms with Gasteiger partial charge in [-0.2, -0.15) is 0 Å². The largest absolute Gasteiger partial charge is 0.494 e. The van der Waals surface area contributed by atoms with E-state index < -0.39 is 11.6 Å². The van der Waals surface area contributed by atoms with E-state index in [1.165, 1.54) is 12.1 Å². The third-order valence-corrected chi connectivity index (χ3v) is 5.00. The highest BCUT2D eigenvalue weighted by atomic mass is 16.6. The van der Waals surface area contributed by atoms with Gasteiger partial charge in [-0.1, -0.05) is 6.07 Å². The zero-order valence-electron chi connectivity index (χ0n) is 20.6. The number of benzene rings is 1. The van der Waals surface area contributed by atoms with E-state index in [2.05, 4.69) is 0 Å². The van der Waals surface area contributed by atoms with E-state index in [1.54, 1.807) is 35.4 Å². The summed E-state index contributed by atoms with van der Waals surface area (Å²) in [6, 6.07) is 6.82.